The number of carbonyl (C=O) groups excluding carboxylic acids is 2. The van der Waals surface area contributed by atoms with Crippen molar-refractivity contribution < 1.29 is 14.3 Å². The number of fused-ring (bicyclic) bond motifs is 1. The maximum Gasteiger partial charge on any atom is 0.247 e. The van der Waals surface area contributed by atoms with Crippen molar-refractivity contribution in [3.05, 3.63) is 53.6 Å². The first kappa shape index (κ1) is 18.0. The van der Waals surface area contributed by atoms with Crippen LogP contribution in [0.1, 0.15) is 25.0 Å². The maximum absolute atomic E-state index is 13.1. The minimum absolute atomic E-state index is 0.0200. The number of aryl methyl sites for hydroxylation is 1. The van der Waals surface area contributed by atoms with Gasteiger partial charge in [-0.25, -0.2) is 0 Å². The fraction of sp³-hybridized carbons (Fsp3) is 0.333. The third-order valence-electron chi connectivity index (χ3n) is 4.77. The number of rotatable bonds is 4. The lowest BCUT2D eigenvalue weighted by Crippen LogP contribution is -2.44. The normalized spacial score (nSPS) is 15.5. The number of methoxy groups -OCH3 is 1. The fourth-order valence-corrected chi connectivity index (χ4v) is 3.53. The molecule has 136 valence electrons. The molecule has 1 aliphatic heterocycles. The van der Waals surface area contributed by atoms with Crippen molar-refractivity contribution in [2.75, 3.05) is 23.5 Å². The summed E-state index contributed by atoms with van der Waals surface area (Å²) in [5.41, 5.74) is 3.72. The molecule has 0 saturated carbocycles. The van der Waals surface area contributed by atoms with Gasteiger partial charge in [-0.2, -0.15) is 0 Å². The predicted octanol–water partition coefficient (Wildman–Crippen LogP) is 3.33. The van der Waals surface area contributed by atoms with Gasteiger partial charge in [-0.05, 0) is 49.6 Å². The summed E-state index contributed by atoms with van der Waals surface area (Å²) >= 11 is 0. The Morgan fingerprint density at radius 3 is 2.65 bits per heavy atom. The molecule has 0 spiro atoms. The van der Waals surface area contributed by atoms with E-state index in [-0.39, 0.29) is 24.4 Å². The lowest BCUT2D eigenvalue weighted by atomic mass is 10.1. The lowest BCUT2D eigenvalue weighted by Gasteiger charge is -2.28. The molecular formula is C21H24N2O3. The van der Waals surface area contributed by atoms with E-state index in [0.29, 0.717) is 11.4 Å². The first-order valence-electron chi connectivity index (χ1n) is 8.75. The smallest absolute Gasteiger partial charge is 0.247 e. The number of hydrogen-bond donors (Lipinski definition) is 0. The van der Waals surface area contributed by atoms with Crippen LogP contribution in [0, 0.1) is 6.92 Å². The Bertz CT molecular complexity index is 847. The number of anilines is 2. The van der Waals surface area contributed by atoms with E-state index >= 15 is 0 Å². The fourth-order valence-electron chi connectivity index (χ4n) is 3.53. The van der Waals surface area contributed by atoms with Crippen molar-refractivity contribution in [3.63, 3.8) is 0 Å². The van der Waals surface area contributed by atoms with Crippen LogP contribution in [0.4, 0.5) is 11.4 Å². The molecule has 0 saturated heterocycles. The Hall–Kier alpha value is -2.82. The van der Waals surface area contributed by atoms with Gasteiger partial charge in [0.15, 0.2) is 0 Å². The molecule has 1 unspecified atom stereocenters. The number of ether oxygens (including phenoxy) is 1. The van der Waals surface area contributed by atoms with Gasteiger partial charge in [-0.1, -0.05) is 24.3 Å². The first-order valence-corrected chi connectivity index (χ1v) is 8.75. The summed E-state index contributed by atoms with van der Waals surface area (Å²) in [5.74, 6) is 0.289. The molecule has 3 rings (SSSR count). The van der Waals surface area contributed by atoms with Crippen molar-refractivity contribution in [1.29, 1.82) is 0 Å². The zero-order valence-electron chi connectivity index (χ0n) is 15.7. The van der Waals surface area contributed by atoms with Crippen LogP contribution in [-0.2, 0) is 16.0 Å². The average Bonchev–Trinajstić information content (AvgIpc) is 2.95. The van der Waals surface area contributed by atoms with Crippen LogP contribution in [-0.4, -0.2) is 31.5 Å². The highest BCUT2D eigenvalue weighted by Gasteiger charge is 2.32. The van der Waals surface area contributed by atoms with Crippen LogP contribution in [0.2, 0.25) is 0 Å². The van der Waals surface area contributed by atoms with Gasteiger partial charge in [-0.15, -0.1) is 0 Å². The van der Waals surface area contributed by atoms with E-state index in [0.717, 1.165) is 23.2 Å². The summed E-state index contributed by atoms with van der Waals surface area (Å²) in [6, 6.07) is 13.6. The second kappa shape index (κ2) is 7.20. The highest BCUT2D eigenvalue weighted by molar-refractivity contribution is 6.04. The molecule has 5 nitrogen and oxygen atoms in total. The number of benzene rings is 2. The molecule has 0 aromatic heterocycles. The molecule has 0 aliphatic carbocycles. The standard InChI is InChI=1S/C21H24N2O3/c1-14-9-10-20(26-4)19(11-14)22(16(3)24)13-21(25)23-15(2)12-17-7-5-6-8-18(17)23/h5-11,15H,12-13H2,1-4H3. The van der Waals surface area contributed by atoms with E-state index in [1.165, 1.54) is 11.8 Å². The zero-order valence-corrected chi connectivity index (χ0v) is 15.7. The Morgan fingerprint density at radius 1 is 1.23 bits per heavy atom. The van der Waals surface area contributed by atoms with E-state index in [4.69, 9.17) is 4.74 Å². The number of para-hydroxylation sites is 1. The van der Waals surface area contributed by atoms with Crippen LogP contribution < -0.4 is 14.5 Å². The molecule has 2 aromatic carbocycles. The number of amides is 2. The minimum atomic E-state index is -0.192. The average molecular weight is 352 g/mol. The third kappa shape index (κ3) is 3.29. The van der Waals surface area contributed by atoms with Crippen LogP contribution >= 0.6 is 0 Å². The number of carbonyl (C=O) groups is 2. The first-order chi connectivity index (χ1) is 12.4. The van der Waals surface area contributed by atoms with Gasteiger partial charge < -0.3 is 9.64 Å². The zero-order chi connectivity index (χ0) is 18.8. The molecule has 5 heteroatoms. The Morgan fingerprint density at radius 2 is 1.96 bits per heavy atom. The molecule has 26 heavy (non-hydrogen) atoms. The van der Waals surface area contributed by atoms with Crippen molar-refractivity contribution >= 4 is 23.2 Å². The summed E-state index contributed by atoms with van der Waals surface area (Å²) < 4.78 is 5.40. The molecule has 0 fully saturated rings. The van der Waals surface area contributed by atoms with Crippen molar-refractivity contribution in [3.8, 4) is 5.75 Å². The van der Waals surface area contributed by atoms with Gasteiger partial charge in [0, 0.05) is 18.7 Å². The second-order valence-electron chi connectivity index (χ2n) is 6.73. The SMILES string of the molecule is COc1ccc(C)cc1N(CC(=O)N1c2ccccc2CC1C)C(C)=O. The van der Waals surface area contributed by atoms with Gasteiger partial charge in [0.05, 0.1) is 12.8 Å². The molecule has 0 bridgehead atoms. The summed E-state index contributed by atoms with van der Waals surface area (Å²) in [4.78, 5) is 28.7. The van der Waals surface area contributed by atoms with E-state index in [1.807, 2.05) is 56.3 Å². The number of hydrogen-bond acceptors (Lipinski definition) is 3. The highest BCUT2D eigenvalue weighted by atomic mass is 16.5. The third-order valence-corrected chi connectivity index (χ3v) is 4.77. The van der Waals surface area contributed by atoms with Gasteiger partial charge in [0.2, 0.25) is 11.8 Å². The van der Waals surface area contributed by atoms with Crippen molar-refractivity contribution in [1.82, 2.24) is 0 Å². The van der Waals surface area contributed by atoms with Crippen molar-refractivity contribution in [2.45, 2.75) is 33.2 Å². The van der Waals surface area contributed by atoms with E-state index in [1.54, 1.807) is 12.0 Å². The Kier molecular flexibility index (Phi) is 4.98. The van der Waals surface area contributed by atoms with Crippen LogP contribution in [0.15, 0.2) is 42.5 Å². The quantitative estimate of drug-likeness (QED) is 0.848. The monoisotopic (exact) mass is 352 g/mol. The minimum Gasteiger partial charge on any atom is -0.495 e. The summed E-state index contributed by atoms with van der Waals surface area (Å²) in [6.45, 7) is 5.43. The van der Waals surface area contributed by atoms with Gasteiger partial charge >= 0.3 is 0 Å². The second-order valence-corrected chi connectivity index (χ2v) is 6.73. The molecule has 1 heterocycles. The summed E-state index contributed by atoms with van der Waals surface area (Å²) in [6.07, 6.45) is 0.829. The molecule has 1 atom stereocenters. The van der Waals surface area contributed by atoms with Crippen LogP contribution in [0.5, 0.6) is 5.75 Å². The summed E-state index contributed by atoms with van der Waals surface area (Å²) in [7, 11) is 1.56. The van der Waals surface area contributed by atoms with E-state index in [2.05, 4.69) is 0 Å². The molecule has 2 amide bonds. The molecule has 1 aliphatic rings. The van der Waals surface area contributed by atoms with Gasteiger partial charge in [0.1, 0.15) is 12.3 Å². The molecular weight excluding hydrogens is 328 g/mol. The topological polar surface area (TPSA) is 49.9 Å². The Labute approximate surface area is 154 Å². The highest BCUT2D eigenvalue weighted by Crippen LogP contribution is 2.33. The maximum atomic E-state index is 13.1. The van der Waals surface area contributed by atoms with E-state index in [9.17, 15) is 9.59 Å². The van der Waals surface area contributed by atoms with Crippen LogP contribution in [0.25, 0.3) is 0 Å². The Balaban J connectivity index is 1.91. The molecule has 2 aromatic rings. The molecule has 0 N–H and O–H groups in total. The van der Waals surface area contributed by atoms with Crippen LogP contribution in [0.3, 0.4) is 0 Å². The largest absolute Gasteiger partial charge is 0.495 e. The lowest BCUT2D eigenvalue weighted by molar-refractivity contribution is -0.121. The molecule has 0 radical (unpaired) electrons. The summed E-state index contributed by atoms with van der Waals surface area (Å²) in [5, 5.41) is 0. The van der Waals surface area contributed by atoms with Gasteiger partial charge in [0.25, 0.3) is 0 Å². The number of nitrogens with zero attached hydrogens (tertiary/aromatic N) is 2. The predicted molar refractivity (Wildman–Crippen MR) is 103 cm³/mol. The van der Waals surface area contributed by atoms with Gasteiger partial charge in [-0.3, -0.25) is 14.5 Å². The van der Waals surface area contributed by atoms with E-state index < -0.39 is 0 Å². The van der Waals surface area contributed by atoms with Crippen molar-refractivity contribution in [2.24, 2.45) is 0 Å².